The molecule has 0 radical (unpaired) electrons. The maximum Gasteiger partial charge on any atom is 0.302 e. The predicted molar refractivity (Wildman–Crippen MR) is 104 cm³/mol. The zero-order chi connectivity index (χ0) is 19.6. The molecular weight excluding hydrogens is 332 g/mol. The number of carbonyl (C=O) groups excluding carboxylic acids is 2. The maximum absolute atomic E-state index is 11.2. The highest BCUT2D eigenvalue weighted by atomic mass is 16.6. The van der Waals surface area contributed by atoms with Gasteiger partial charge in [0.15, 0.2) is 0 Å². The van der Waals surface area contributed by atoms with Crippen LogP contribution in [0, 0.1) is 0 Å². The van der Waals surface area contributed by atoms with Gasteiger partial charge in [-0.05, 0) is 25.7 Å². The Balaban J connectivity index is 3.84. The number of hydrogen-bond acceptors (Lipinski definition) is 5. The molecule has 0 aliphatic carbocycles. The van der Waals surface area contributed by atoms with Gasteiger partial charge in [-0.25, -0.2) is 0 Å². The Labute approximate surface area is 159 Å². The van der Waals surface area contributed by atoms with Crippen LogP contribution in [0.1, 0.15) is 90.9 Å². The minimum absolute atomic E-state index is 0.260. The zero-order valence-corrected chi connectivity index (χ0v) is 16.7. The van der Waals surface area contributed by atoms with Gasteiger partial charge in [0.25, 0.3) is 0 Å². The van der Waals surface area contributed by atoms with Crippen molar-refractivity contribution in [1.29, 1.82) is 0 Å². The van der Waals surface area contributed by atoms with Gasteiger partial charge in [0.1, 0.15) is 12.2 Å². The highest BCUT2D eigenvalue weighted by molar-refractivity contribution is 5.66. The second kappa shape index (κ2) is 17.1. The molecular formula is C21H38O5. The van der Waals surface area contributed by atoms with Crippen molar-refractivity contribution in [3.63, 3.8) is 0 Å². The molecule has 0 saturated heterocycles. The Morgan fingerprint density at radius 1 is 0.846 bits per heavy atom. The van der Waals surface area contributed by atoms with Gasteiger partial charge >= 0.3 is 11.9 Å². The van der Waals surface area contributed by atoms with E-state index in [1.807, 2.05) is 6.08 Å². The molecule has 5 nitrogen and oxygen atoms in total. The molecule has 152 valence electrons. The van der Waals surface area contributed by atoms with E-state index >= 15 is 0 Å². The van der Waals surface area contributed by atoms with Gasteiger partial charge in [-0.15, -0.1) is 6.58 Å². The maximum atomic E-state index is 11.2. The number of aliphatic hydroxyl groups is 1. The van der Waals surface area contributed by atoms with Crippen molar-refractivity contribution in [2.45, 2.75) is 103 Å². The minimum atomic E-state index is -0.613. The van der Waals surface area contributed by atoms with E-state index < -0.39 is 12.1 Å². The average Bonchev–Trinajstić information content (AvgIpc) is 2.57. The molecule has 26 heavy (non-hydrogen) atoms. The molecule has 0 rings (SSSR count). The lowest BCUT2D eigenvalue weighted by molar-refractivity contribution is -0.154. The molecule has 0 aliphatic heterocycles. The molecule has 0 aromatic carbocycles. The number of allylic oxidation sites excluding steroid dienone is 1. The predicted octanol–water partition coefficient (Wildman–Crippen LogP) is 4.71. The van der Waals surface area contributed by atoms with E-state index in [1.54, 1.807) is 0 Å². The fourth-order valence-electron chi connectivity index (χ4n) is 3.05. The summed E-state index contributed by atoms with van der Waals surface area (Å²) in [5.41, 5.74) is 0. The quantitative estimate of drug-likeness (QED) is 0.228. The monoisotopic (exact) mass is 370 g/mol. The molecule has 0 amide bonds. The molecule has 0 aromatic heterocycles. The molecule has 1 N–H and O–H groups in total. The second-order valence-electron chi connectivity index (χ2n) is 6.93. The molecule has 0 spiro atoms. The smallest absolute Gasteiger partial charge is 0.302 e. The number of ether oxygens (including phenoxy) is 2. The lowest BCUT2D eigenvalue weighted by Gasteiger charge is -2.22. The van der Waals surface area contributed by atoms with E-state index in [1.165, 1.54) is 58.8 Å². The van der Waals surface area contributed by atoms with Crippen molar-refractivity contribution in [1.82, 2.24) is 0 Å². The highest BCUT2D eigenvalue weighted by Crippen LogP contribution is 2.16. The SMILES string of the molecule is C=CCCCCCCCCCCCC(CC(CO)OC(C)=O)OC(C)=O. The van der Waals surface area contributed by atoms with Crippen molar-refractivity contribution >= 4 is 11.9 Å². The Kier molecular flexibility index (Phi) is 16.2. The van der Waals surface area contributed by atoms with Crippen LogP contribution in [0.5, 0.6) is 0 Å². The molecule has 5 heteroatoms. The summed E-state index contributed by atoms with van der Waals surface area (Å²) in [4.78, 5) is 22.3. The molecule has 0 fully saturated rings. The van der Waals surface area contributed by atoms with Crippen molar-refractivity contribution in [3.05, 3.63) is 12.7 Å². The Morgan fingerprint density at radius 3 is 1.77 bits per heavy atom. The summed E-state index contributed by atoms with van der Waals surface area (Å²) >= 11 is 0. The van der Waals surface area contributed by atoms with Crippen LogP contribution in [0.15, 0.2) is 12.7 Å². The van der Waals surface area contributed by atoms with Gasteiger partial charge in [-0.3, -0.25) is 9.59 Å². The number of carbonyl (C=O) groups is 2. The third-order valence-electron chi connectivity index (χ3n) is 4.33. The van der Waals surface area contributed by atoms with E-state index in [9.17, 15) is 14.7 Å². The van der Waals surface area contributed by atoms with Crippen molar-refractivity contribution in [2.75, 3.05) is 6.61 Å². The van der Waals surface area contributed by atoms with Crippen LogP contribution in [0.3, 0.4) is 0 Å². The molecule has 2 unspecified atom stereocenters. The third kappa shape index (κ3) is 16.1. The molecule has 2 atom stereocenters. The van der Waals surface area contributed by atoms with Crippen LogP contribution in [0.25, 0.3) is 0 Å². The molecule has 0 aromatic rings. The van der Waals surface area contributed by atoms with Crippen LogP contribution in [0.2, 0.25) is 0 Å². The van der Waals surface area contributed by atoms with Crippen molar-refractivity contribution in [2.24, 2.45) is 0 Å². The Bertz CT molecular complexity index is 381. The normalized spacial score (nSPS) is 13.0. The first-order chi connectivity index (χ1) is 12.5. The topological polar surface area (TPSA) is 72.8 Å². The first kappa shape index (κ1) is 24.6. The standard InChI is InChI=1S/C21H38O5/c1-4-5-6-7-8-9-10-11-12-13-14-15-20(25-18(2)23)16-21(17-22)26-19(3)24/h4,20-22H,1,5-17H2,2-3H3. The summed E-state index contributed by atoms with van der Waals surface area (Å²) < 4.78 is 10.3. The summed E-state index contributed by atoms with van der Waals surface area (Å²) in [7, 11) is 0. The van der Waals surface area contributed by atoms with Gasteiger partial charge in [-0.2, -0.15) is 0 Å². The minimum Gasteiger partial charge on any atom is -0.462 e. The van der Waals surface area contributed by atoms with Gasteiger partial charge in [0.2, 0.25) is 0 Å². The van der Waals surface area contributed by atoms with Gasteiger partial charge in [0.05, 0.1) is 6.61 Å². The third-order valence-corrected chi connectivity index (χ3v) is 4.33. The molecule has 0 aliphatic rings. The summed E-state index contributed by atoms with van der Waals surface area (Å²) in [6.07, 6.45) is 14.2. The fraction of sp³-hybridized carbons (Fsp3) is 0.810. The molecule has 0 saturated carbocycles. The van der Waals surface area contributed by atoms with E-state index in [4.69, 9.17) is 9.47 Å². The van der Waals surface area contributed by atoms with Crippen LogP contribution in [-0.2, 0) is 19.1 Å². The number of unbranched alkanes of at least 4 members (excludes halogenated alkanes) is 9. The van der Waals surface area contributed by atoms with Crippen molar-refractivity contribution in [3.8, 4) is 0 Å². The fourth-order valence-corrected chi connectivity index (χ4v) is 3.05. The van der Waals surface area contributed by atoms with Gasteiger partial charge in [-0.1, -0.05) is 51.0 Å². The number of aliphatic hydroxyl groups excluding tert-OH is 1. The Morgan fingerprint density at radius 2 is 1.31 bits per heavy atom. The Hall–Kier alpha value is -1.36. The van der Waals surface area contributed by atoms with Crippen LogP contribution < -0.4 is 0 Å². The lowest BCUT2D eigenvalue weighted by atomic mass is 10.0. The van der Waals surface area contributed by atoms with E-state index in [2.05, 4.69) is 6.58 Å². The van der Waals surface area contributed by atoms with E-state index in [0.717, 1.165) is 25.7 Å². The first-order valence-corrected chi connectivity index (χ1v) is 10.1. The van der Waals surface area contributed by atoms with Gasteiger partial charge < -0.3 is 14.6 Å². The van der Waals surface area contributed by atoms with Gasteiger partial charge in [0, 0.05) is 20.3 Å². The summed E-state index contributed by atoms with van der Waals surface area (Å²) in [5.74, 6) is -0.777. The van der Waals surface area contributed by atoms with Crippen LogP contribution in [-0.4, -0.2) is 35.9 Å². The summed E-state index contributed by atoms with van der Waals surface area (Å²) in [6, 6.07) is 0. The average molecular weight is 371 g/mol. The number of hydrogen-bond donors (Lipinski definition) is 1. The first-order valence-electron chi connectivity index (χ1n) is 10.1. The summed E-state index contributed by atoms with van der Waals surface area (Å²) in [6.45, 7) is 6.16. The number of esters is 2. The van der Waals surface area contributed by atoms with Crippen molar-refractivity contribution < 1.29 is 24.2 Å². The summed E-state index contributed by atoms with van der Waals surface area (Å²) in [5, 5.41) is 9.30. The van der Waals surface area contributed by atoms with E-state index in [0.29, 0.717) is 6.42 Å². The van der Waals surface area contributed by atoms with E-state index in [-0.39, 0.29) is 18.7 Å². The molecule has 0 heterocycles. The highest BCUT2D eigenvalue weighted by Gasteiger charge is 2.20. The zero-order valence-electron chi connectivity index (χ0n) is 16.7. The second-order valence-corrected chi connectivity index (χ2v) is 6.93. The number of rotatable bonds is 17. The van der Waals surface area contributed by atoms with Crippen LogP contribution in [0.4, 0.5) is 0 Å². The largest absolute Gasteiger partial charge is 0.462 e. The molecule has 0 bridgehead atoms. The van der Waals surface area contributed by atoms with Crippen LogP contribution >= 0.6 is 0 Å². The lowest BCUT2D eigenvalue weighted by Crippen LogP contribution is -2.28.